The van der Waals surface area contributed by atoms with Crippen molar-refractivity contribution in [3.63, 3.8) is 0 Å². The Kier molecular flexibility index (Phi) is 4.54. The third kappa shape index (κ3) is 3.57. The molecule has 7 nitrogen and oxygen atoms in total. The number of hydrogen-bond donors (Lipinski definition) is 1. The molecule has 0 aliphatic carbocycles. The van der Waals surface area contributed by atoms with Crippen molar-refractivity contribution >= 4 is 23.4 Å². The van der Waals surface area contributed by atoms with Crippen LogP contribution in [0.4, 0.5) is 11.4 Å². The SMILES string of the molecule is COC(=O)/C=C\c1ccc(N2CC[C@@H](O)C2)c([N+](=O)[O-])c1. The van der Waals surface area contributed by atoms with Crippen LogP contribution in [0.2, 0.25) is 0 Å². The third-order valence-electron chi connectivity index (χ3n) is 3.31. The Morgan fingerprint density at radius 2 is 2.33 bits per heavy atom. The van der Waals surface area contributed by atoms with Gasteiger partial charge < -0.3 is 14.7 Å². The van der Waals surface area contributed by atoms with Crippen LogP contribution >= 0.6 is 0 Å². The molecule has 1 aromatic carbocycles. The normalized spacial score (nSPS) is 18.2. The maximum Gasteiger partial charge on any atom is 0.330 e. The van der Waals surface area contributed by atoms with Crippen molar-refractivity contribution < 1.29 is 19.6 Å². The predicted molar refractivity (Wildman–Crippen MR) is 77.0 cm³/mol. The lowest BCUT2D eigenvalue weighted by molar-refractivity contribution is -0.384. The molecular weight excluding hydrogens is 276 g/mol. The molecule has 1 aliphatic rings. The molecule has 1 saturated heterocycles. The van der Waals surface area contributed by atoms with E-state index in [0.717, 1.165) is 0 Å². The van der Waals surface area contributed by atoms with Gasteiger partial charge in [-0.05, 0) is 24.1 Å². The van der Waals surface area contributed by atoms with E-state index in [0.29, 0.717) is 30.8 Å². The van der Waals surface area contributed by atoms with Crippen LogP contribution in [0.1, 0.15) is 12.0 Å². The molecule has 1 aromatic rings. The van der Waals surface area contributed by atoms with Gasteiger partial charge in [0.1, 0.15) is 5.69 Å². The van der Waals surface area contributed by atoms with Crippen molar-refractivity contribution in [1.29, 1.82) is 0 Å². The number of hydrogen-bond acceptors (Lipinski definition) is 6. The number of aliphatic hydroxyl groups excluding tert-OH is 1. The van der Waals surface area contributed by atoms with Gasteiger partial charge in [-0.25, -0.2) is 4.79 Å². The van der Waals surface area contributed by atoms with Crippen LogP contribution in [0.15, 0.2) is 24.3 Å². The molecule has 2 rings (SSSR count). The summed E-state index contributed by atoms with van der Waals surface area (Å²) in [6, 6.07) is 4.72. The fourth-order valence-electron chi connectivity index (χ4n) is 2.25. The molecule has 0 spiro atoms. The third-order valence-corrected chi connectivity index (χ3v) is 3.31. The van der Waals surface area contributed by atoms with E-state index in [2.05, 4.69) is 4.74 Å². The zero-order valence-electron chi connectivity index (χ0n) is 11.6. The Morgan fingerprint density at radius 3 is 2.90 bits per heavy atom. The van der Waals surface area contributed by atoms with Crippen molar-refractivity contribution in [2.75, 3.05) is 25.1 Å². The Morgan fingerprint density at radius 1 is 1.57 bits per heavy atom. The number of nitrogens with zero attached hydrogens (tertiary/aromatic N) is 2. The molecule has 1 atom stereocenters. The van der Waals surface area contributed by atoms with Crippen LogP contribution < -0.4 is 4.90 Å². The number of carbonyl (C=O) groups is 1. The summed E-state index contributed by atoms with van der Waals surface area (Å²) >= 11 is 0. The Balaban J connectivity index is 2.29. The fourth-order valence-corrected chi connectivity index (χ4v) is 2.25. The highest BCUT2D eigenvalue weighted by molar-refractivity contribution is 5.87. The van der Waals surface area contributed by atoms with E-state index in [1.165, 1.54) is 25.3 Å². The number of carbonyl (C=O) groups excluding carboxylic acids is 1. The number of nitro groups is 1. The zero-order chi connectivity index (χ0) is 15.4. The van der Waals surface area contributed by atoms with E-state index in [9.17, 15) is 20.0 Å². The zero-order valence-corrected chi connectivity index (χ0v) is 11.6. The van der Waals surface area contributed by atoms with Gasteiger partial charge in [0.25, 0.3) is 5.69 Å². The van der Waals surface area contributed by atoms with Gasteiger partial charge in [-0.1, -0.05) is 6.07 Å². The lowest BCUT2D eigenvalue weighted by Crippen LogP contribution is -2.22. The second kappa shape index (κ2) is 6.36. The number of rotatable bonds is 4. The van der Waals surface area contributed by atoms with Gasteiger partial charge in [0.15, 0.2) is 0 Å². The van der Waals surface area contributed by atoms with E-state index in [1.807, 2.05) is 0 Å². The molecule has 1 N–H and O–H groups in total. The lowest BCUT2D eigenvalue weighted by atomic mass is 10.1. The molecule has 0 unspecified atom stereocenters. The van der Waals surface area contributed by atoms with Gasteiger partial charge in [0, 0.05) is 25.2 Å². The Labute approximate surface area is 121 Å². The monoisotopic (exact) mass is 292 g/mol. The standard InChI is InChI=1S/C14H16N2O5/c1-21-14(18)5-3-10-2-4-12(13(8-10)16(19)20)15-7-6-11(17)9-15/h2-5,8,11,17H,6-7,9H2,1H3/b5-3-/t11-/m1/s1. The van der Waals surface area contributed by atoms with Crippen LogP contribution in [0.3, 0.4) is 0 Å². The van der Waals surface area contributed by atoms with Gasteiger partial charge in [-0.2, -0.15) is 0 Å². The number of nitro benzene ring substituents is 1. The number of benzene rings is 1. The van der Waals surface area contributed by atoms with Crippen LogP contribution in [0, 0.1) is 10.1 Å². The molecule has 1 aliphatic heterocycles. The number of β-amino-alcohol motifs (C(OH)–C–C–N with tert-alkyl or cyclic N) is 1. The van der Waals surface area contributed by atoms with Gasteiger partial charge in [0.05, 0.1) is 18.1 Å². The van der Waals surface area contributed by atoms with Crippen molar-refractivity contribution in [3.8, 4) is 0 Å². The summed E-state index contributed by atoms with van der Waals surface area (Å²) < 4.78 is 4.47. The maximum atomic E-state index is 11.2. The van der Waals surface area contributed by atoms with Crippen molar-refractivity contribution in [2.24, 2.45) is 0 Å². The minimum Gasteiger partial charge on any atom is -0.466 e. The van der Waals surface area contributed by atoms with Crippen LogP contribution in [0.25, 0.3) is 6.08 Å². The molecule has 0 aromatic heterocycles. The minimum absolute atomic E-state index is 0.0453. The number of methoxy groups -OCH3 is 1. The molecule has 1 heterocycles. The smallest absolute Gasteiger partial charge is 0.330 e. The number of aliphatic hydroxyl groups is 1. The molecular formula is C14H16N2O5. The summed E-state index contributed by atoms with van der Waals surface area (Å²) in [5, 5.41) is 20.8. The van der Waals surface area contributed by atoms with E-state index >= 15 is 0 Å². The molecule has 21 heavy (non-hydrogen) atoms. The summed E-state index contributed by atoms with van der Waals surface area (Å²) in [4.78, 5) is 23.6. The summed E-state index contributed by atoms with van der Waals surface area (Å²) in [6.07, 6.45) is 2.81. The largest absolute Gasteiger partial charge is 0.466 e. The number of ether oxygens (including phenoxy) is 1. The van der Waals surface area contributed by atoms with E-state index in [-0.39, 0.29) is 5.69 Å². The first-order valence-electron chi connectivity index (χ1n) is 6.48. The summed E-state index contributed by atoms with van der Waals surface area (Å²) in [5.41, 5.74) is 0.971. The van der Waals surface area contributed by atoms with Gasteiger partial charge in [-0.3, -0.25) is 10.1 Å². The molecule has 1 fully saturated rings. The van der Waals surface area contributed by atoms with Crippen LogP contribution in [-0.4, -0.2) is 42.3 Å². The van der Waals surface area contributed by atoms with Gasteiger partial charge in [0.2, 0.25) is 0 Å². The minimum atomic E-state index is -0.524. The molecule has 0 saturated carbocycles. The van der Waals surface area contributed by atoms with E-state index in [1.54, 1.807) is 17.0 Å². The van der Waals surface area contributed by atoms with Crippen LogP contribution in [0.5, 0.6) is 0 Å². The summed E-state index contributed by atoms with van der Waals surface area (Å²) in [7, 11) is 1.26. The van der Waals surface area contributed by atoms with Gasteiger partial charge in [-0.15, -0.1) is 0 Å². The average molecular weight is 292 g/mol. The van der Waals surface area contributed by atoms with Crippen LogP contribution in [-0.2, 0) is 9.53 Å². The second-order valence-electron chi connectivity index (χ2n) is 4.75. The first-order valence-corrected chi connectivity index (χ1v) is 6.48. The summed E-state index contributed by atoms with van der Waals surface area (Å²) in [5.74, 6) is -0.524. The Bertz CT molecular complexity index is 585. The van der Waals surface area contributed by atoms with E-state index < -0.39 is 17.0 Å². The molecule has 0 bridgehead atoms. The van der Waals surface area contributed by atoms with Crippen molar-refractivity contribution in [3.05, 3.63) is 40.0 Å². The van der Waals surface area contributed by atoms with Gasteiger partial charge >= 0.3 is 5.97 Å². The second-order valence-corrected chi connectivity index (χ2v) is 4.75. The maximum absolute atomic E-state index is 11.2. The quantitative estimate of drug-likeness (QED) is 0.390. The highest BCUT2D eigenvalue weighted by Gasteiger charge is 2.26. The summed E-state index contributed by atoms with van der Waals surface area (Å²) in [6.45, 7) is 0.970. The highest BCUT2D eigenvalue weighted by Crippen LogP contribution is 2.32. The molecule has 112 valence electrons. The molecule has 0 amide bonds. The first-order chi connectivity index (χ1) is 10.0. The fraction of sp³-hybridized carbons (Fsp3) is 0.357. The Hall–Kier alpha value is -2.41. The first kappa shape index (κ1) is 15.0. The molecule has 7 heteroatoms. The average Bonchev–Trinajstić information content (AvgIpc) is 2.90. The number of esters is 1. The van der Waals surface area contributed by atoms with Crippen molar-refractivity contribution in [2.45, 2.75) is 12.5 Å². The highest BCUT2D eigenvalue weighted by atomic mass is 16.6. The predicted octanol–water partition coefficient (Wildman–Crippen LogP) is 1.35. The molecule has 0 radical (unpaired) electrons. The number of anilines is 1. The van der Waals surface area contributed by atoms with Crippen molar-refractivity contribution in [1.82, 2.24) is 0 Å². The topological polar surface area (TPSA) is 92.9 Å². The van der Waals surface area contributed by atoms with E-state index in [4.69, 9.17) is 0 Å². The lowest BCUT2D eigenvalue weighted by Gasteiger charge is -2.17.